The van der Waals surface area contributed by atoms with Crippen molar-refractivity contribution in [2.45, 2.75) is 6.54 Å². The van der Waals surface area contributed by atoms with Crippen molar-refractivity contribution in [1.29, 1.82) is 0 Å². The first-order valence-corrected chi connectivity index (χ1v) is 6.15. The quantitative estimate of drug-likeness (QED) is 0.856. The van der Waals surface area contributed by atoms with Crippen molar-refractivity contribution in [2.24, 2.45) is 0 Å². The Morgan fingerprint density at radius 1 is 1.26 bits per heavy atom. The van der Waals surface area contributed by atoms with Crippen molar-refractivity contribution in [3.05, 3.63) is 34.9 Å². The van der Waals surface area contributed by atoms with Crippen molar-refractivity contribution < 1.29 is 14.7 Å². The highest BCUT2D eigenvalue weighted by Crippen LogP contribution is 2.12. The third kappa shape index (κ3) is 5.72. The second-order valence-corrected chi connectivity index (χ2v) is 4.88. The van der Waals surface area contributed by atoms with E-state index in [0.29, 0.717) is 11.6 Å². The van der Waals surface area contributed by atoms with E-state index in [1.165, 1.54) is 4.90 Å². The van der Waals surface area contributed by atoms with Gasteiger partial charge >= 0.3 is 5.97 Å². The van der Waals surface area contributed by atoms with Crippen LogP contribution in [0.15, 0.2) is 24.3 Å². The molecule has 5 nitrogen and oxygen atoms in total. The summed E-state index contributed by atoms with van der Waals surface area (Å²) in [5.74, 6) is -1.09. The van der Waals surface area contributed by atoms with Gasteiger partial charge in [0.2, 0.25) is 5.91 Å². The van der Waals surface area contributed by atoms with E-state index < -0.39 is 5.97 Å². The lowest BCUT2D eigenvalue weighted by Gasteiger charge is -2.21. The number of carbonyl (C=O) groups excluding carboxylic acids is 1. The van der Waals surface area contributed by atoms with Crippen molar-refractivity contribution in [1.82, 2.24) is 9.80 Å². The summed E-state index contributed by atoms with van der Waals surface area (Å²) in [7, 11) is 3.27. The lowest BCUT2D eigenvalue weighted by Crippen LogP contribution is -2.38. The molecule has 0 fully saturated rings. The Hall–Kier alpha value is -1.59. The summed E-state index contributed by atoms with van der Waals surface area (Å²) >= 11 is 5.87. The number of nitrogens with zero attached hydrogens (tertiary/aromatic N) is 2. The summed E-state index contributed by atoms with van der Waals surface area (Å²) < 4.78 is 0. The molecule has 0 aliphatic carbocycles. The van der Waals surface area contributed by atoms with Crippen molar-refractivity contribution in [2.75, 3.05) is 27.2 Å². The molecular formula is C13H17ClN2O3. The fraction of sp³-hybridized carbons (Fsp3) is 0.385. The number of hydrogen-bond donors (Lipinski definition) is 1. The predicted octanol–water partition coefficient (Wildman–Crippen LogP) is 1.31. The van der Waals surface area contributed by atoms with Crippen LogP contribution in [0.5, 0.6) is 0 Å². The molecule has 6 heteroatoms. The largest absolute Gasteiger partial charge is 0.480 e. The zero-order valence-electron chi connectivity index (χ0n) is 11.0. The minimum Gasteiger partial charge on any atom is -0.480 e. The average molecular weight is 285 g/mol. The highest BCUT2D eigenvalue weighted by atomic mass is 35.5. The second-order valence-electron chi connectivity index (χ2n) is 4.45. The lowest BCUT2D eigenvalue weighted by molar-refractivity contribution is -0.139. The van der Waals surface area contributed by atoms with Gasteiger partial charge in [0, 0.05) is 18.6 Å². The maximum Gasteiger partial charge on any atom is 0.317 e. The standard InChI is InChI=1S/C13H17ClN2O3/c1-15(9-13(18)19)8-12(17)16(2)7-10-4-3-5-11(14)6-10/h3-6H,7-9H2,1-2H3,(H,18,19). The lowest BCUT2D eigenvalue weighted by atomic mass is 10.2. The van der Waals surface area contributed by atoms with Gasteiger partial charge in [0.05, 0.1) is 13.1 Å². The first kappa shape index (κ1) is 15.5. The van der Waals surface area contributed by atoms with Crippen LogP contribution in [0.3, 0.4) is 0 Å². The van der Waals surface area contributed by atoms with Gasteiger partial charge in [0.1, 0.15) is 0 Å². The number of hydrogen-bond acceptors (Lipinski definition) is 3. The number of likely N-dealkylation sites (N-methyl/N-ethyl adjacent to an activating group) is 2. The number of carbonyl (C=O) groups is 2. The molecule has 19 heavy (non-hydrogen) atoms. The van der Waals surface area contributed by atoms with Gasteiger partial charge in [-0.2, -0.15) is 0 Å². The molecule has 0 heterocycles. The minimum absolute atomic E-state index is 0.0728. The second kappa shape index (κ2) is 7.11. The summed E-state index contributed by atoms with van der Waals surface area (Å²) in [5.41, 5.74) is 0.934. The molecule has 0 unspecified atom stereocenters. The molecule has 0 atom stereocenters. The first-order chi connectivity index (χ1) is 8.88. The maximum absolute atomic E-state index is 11.9. The Morgan fingerprint density at radius 3 is 2.53 bits per heavy atom. The van der Waals surface area contributed by atoms with Crippen molar-refractivity contribution in [3.8, 4) is 0 Å². The number of carboxylic acid groups (broad SMARTS) is 1. The van der Waals surface area contributed by atoms with Crippen LogP contribution in [0.25, 0.3) is 0 Å². The van der Waals surface area contributed by atoms with Crippen LogP contribution >= 0.6 is 11.6 Å². The van der Waals surface area contributed by atoms with E-state index in [1.807, 2.05) is 12.1 Å². The number of halogens is 1. The summed E-state index contributed by atoms with van der Waals surface area (Å²) in [6.07, 6.45) is 0. The molecule has 1 N–H and O–H groups in total. The van der Waals surface area contributed by atoms with Gasteiger partial charge in [0.25, 0.3) is 0 Å². The minimum atomic E-state index is -0.951. The van der Waals surface area contributed by atoms with Crippen LogP contribution < -0.4 is 0 Å². The van der Waals surface area contributed by atoms with Crippen LogP contribution in [-0.2, 0) is 16.1 Å². The molecule has 0 aliphatic rings. The van der Waals surface area contributed by atoms with Crippen LogP contribution in [-0.4, -0.2) is 54.0 Å². The average Bonchev–Trinajstić information content (AvgIpc) is 2.27. The van der Waals surface area contributed by atoms with E-state index in [-0.39, 0.29) is 19.0 Å². The Kier molecular flexibility index (Phi) is 5.79. The van der Waals surface area contributed by atoms with Gasteiger partial charge in [-0.3, -0.25) is 14.5 Å². The summed E-state index contributed by atoms with van der Waals surface area (Å²) in [6, 6.07) is 7.28. The number of amides is 1. The zero-order chi connectivity index (χ0) is 14.4. The fourth-order valence-electron chi connectivity index (χ4n) is 1.64. The van der Waals surface area contributed by atoms with E-state index >= 15 is 0 Å². The maximum atomic E-state index is 11.9. The van der Waals surface area contributed by atoms with Crippen LogP contribution in [0.4, 0.5) is 0 Å². The highest BCUT2D eigenvalue weighted by molar-refractivity contribution is 6.30. The third-order valence-corrected chi connectivity index (χ3v) is 2.78. The summed E-state index contributed by atoms with van der Waals surface area (Å²) in [6.45, 7) is 0.362. The Labute approximate surface area is 117 Å². The van der Waals surface area contributed by atoms with Crippen LogP contribution in [0.2, 0.25) is 5.02 Å². The van der Waals surface area contributed by atoms with Gasteiger partial charge in [-0.15, -0.1) is 0 Å². The molecule has 1 aromatic rings. The van der Waals surface area contributed by atoms with E-state index in [4.69, 9.17) is 16.7 Å². The molecule has 0 aromatic heterocycles. The SMILES string of the molecule is CN(CC(=O)O)CC(=O)N(C)Cc1cccc(Cl)c1. The number of rotatable bonds is 6. The highest BCUT2D eigenvalue weighted by Gasteiger charge is 2.13. The van der Waals surface area contributed by atoms with E-state index in [9.17, 15) is 9.59 Å². The molecule has 0 bridgehead atoms. The molecule has 1 rings (SSSR count). The topological polar surface area (TPSA) is 60.9 Å². The normalized spacial score (nSPS) is 10.5. The van der Waals surface area contributed by atoms with Gasteiger partial charge in [-0.05, 0) is 24.7 Å². The smallest absolute Gasteiger partial charge is 0.317 e. The first-order valence-electron chi connectivity index (χ1n) is 5.77. The van der Waals surface area contributed by atoms with Gasteiger partial charge in [-0.25, -0.2) is 0 Å². The molecule has 104 valence electrons. The fourth-order valence-corrected chi connectivity index (χ4v) is 1.85. The zero-order valence-corrected chi connectivity index (χ0v) is 11.7. The molecule has 0 radical (unpaired) electrons. The molecule has 0 saturated carbocycles. The number of benzene rings is 1. The Bertz CT molecular complexity index is 465. The van der Waals surface area contributed by atoms with Crippen molar-refractivity contribution >= 4 is 23.5 Å². The Morgan fingerprint density at radius 2 is 1.95 bits per heavy atom. The molecule has 0 saturated heterocycles. The third-order valence-electron chi connectivity index (χ3n) is 2.54. The van der Waals surface area contributed by atoms with Crippen LogP contribution in [0, 0.1) is 0 Å². The number of carboxylic acids is 1. The monoisotopic (exact) mass is 284 g/mol. The number of aliphatic carboxylic acids is 1. The van der Waals surface area contributed by atoms with E-state index in [2.05, 4.69) is 0 Å². The summed E-state index contributed by atoms with van der Waals surface area (Å²) in [4.78, 5) is 25.4. The van der Waals surface area contributed by atoms with Gasteiger partial charge < -0.3 is 10.0 Å². The summed E-state index contributed by atoms with van der Waals surface area (Å²) in [5, 5.41) is 9.25. The van der Waals surface area contributed by atoms with E-state index in [0.717, 1.165) is 5.56 Å². The van der Waals surface area contributed by atoms with E-state index in [1.54, 1.807) is 31.1 Å². The molecule has 1 amide bonds. The Balaban J connectivity index is 2.51. The molecule has 1 aromatic carbocycles. The predicted molar refractivity (Wildman–Crippen MR) is 73.1 cm³/mol. The molecule has 0 aliphatic heterocycles. The molecular weight excluding hydrogens is 268 g/mol. The molecule has 0 spiro atoms. The van der Waals surface area contributed by atoms with Gasteiger partial charge in [0.15, 0.2) is 0 Å². The van der Waals surface area contributed by atoms with Gasteiger partial charge in [-0.1, -0.05) is 23.7 Å². The van der Waals surface area contributed by atoms with Crippen LogP contribution in [0.1, 0.15) is 5.56 Å². The van der Waals surface area contributed by atoms with Crippen molar-refractivity contribution in [3.63, 3.8) is 0 Å².